The SMILES string of the molecule is CC1CCC(CC(=O)N2CC(CN)CC2C)C1.Cl. The number of amides is 1. The van der Waals surface area contributed by atoms with Crippen LogP contribution in [0.5, 0.6) is 0 Å². The van der Waals surface area contributed by atoms with Gasteiger partial charge in [0, 0.05) is 19.0 Å². The van der Waals surface area contributed by atoms with E-state index < -0.39 is 0 Å². The van der Waals surface area contributed by atoms with Crippen LogP contribution in [-0.4, -0.2) is 29.9 Å². The molecule has 1 saturated carbocycles. The second-order valence-electron chi connectivity index (χ2n) is 6.22. The first kappa shape index (κ1) is 15.8. The van der Waals surface area contributed by atoms with Gasteiger partial charge >= 0.3 is 0 Å². The molecule has 2 aliphatic rings. The molecule has 4 atom stereocenters. The molecule has 1 saturated heterocycles. The molecule has 4 heteroatoms. The lowest BCUT2D eigenvalue weighted by Gasteiger charge is -2.23. The Labute approximate surface area is 117 Å². The molecule has 1 heterocycles. The van der Waals surface area contributed by atoms with Gasteiger partial charge in [-0.3, -0.25) is 4.79 Å². The molecule has 3 nitrogen and oxygen atoms in total. The fourth-order valence-corrected chi connectivity index (χ4v) is 3.54. The minimum absolute atomic E-state index is 0. The molecule has 1 aliphatic heterocycles. The van der Waals surface area contributed by atoms with Gasteiger partial charge < -0.3 is 10.6 Å². The van der Waals surface area contributed by atoms with Gasteiger partial charge in [0.1, 0.15) is 0 Å². The largest absolute Gasteiger partial charge is 0.340 e. The van der Waals surface area contributed by atoms with E-state index in [1.807, 2.05) is 0 Å². The van der Waals surface area contributed by atoms with Crippen LogP contribution in [0.25, 0.3) is 0 Å². The molecule has 1 aliphatic carbocycles. The average molecular weight is 275 g/mol. The second kappa shape index (κ2) is 6.76. The third-order valence-corrected chi connectivity index (χ3v) is 4.58. The highest BCUT2D eigenvalue weighted by Crippen LogP contribution is 2.34. The topological polar surface area (TPSA) is 46.3 Å². The summed E-state index contributed by atoms with van der Waals surface area (Å²) in [4.78, 5) is 14.3. The van der Waals surface area contributed by atoms with E-state index >= 15 is 0 Å². The number of hydrogen-bond donors (Lipinski definition) is 1. The van der Waals surface area contributed by atoms with Gasteiger partial charge in [-0.15, -0.1) is 12.4 Å². The van der Waals surface area contributed by atoms with E-state index in [2.05, 4.69) is 18.7 Å². The molecule has 2 rings (SSSR count). The van der Waals surface area contributed by atoms with Gasteiger partial charge in [-0.1, -0.05) is 13.3 Å². The molecule has 0 aromatic carbocycles. The number of hydrogen-bond acceptors (Lipinski definition) is 2. The highest BCUT2D eigenvalue weighted by molar-refractivity contribution is 5.85. The number of nitrogens with zero attached hydrogens (tertiary/aromatic N) is 1. The van der Waals surface area contributed by atoms with Crippen LogP contribution in [0.4, 0.5) is 0 Å². The predicted octanol–water partition coefficient (Wildman–Crippen LogP) is 2.43. The zero-order valence-electron chi connectivity index (χ0n) is 11.6. The Hall–Kier alpha value is -0.280. The zero-order chi connectivity index (χ0) is 12.4. The summed E-state index contributed by atoms with van der Waals surface area (Å²) < 4.78 is 0. The van der Waals surface area contributed by atoms with Crippen LogP contribution in [0, 0.1) is 17.8 Å². The van der Waals surface area contributed by atoms with Gasteiger partial charge in [-0.25, -0.2) is 0 Å². The molecule has 18 heavy (non-hydrogen) atoms. The van der Waals surface area contributed by atoms with Gasteiger partial charge in [0.15, 0.2) is 0 Å². The highest BCUT2D eigenvalue weighted by atomic mass is 35.5. The maximum Gasteiger partial charge on any atom is 0.223 e. The van der Waals surface area contributed by atoms with Crippen LogP contribution < -0.4 is 5.73 Å². The molecular weight excluding hydrogens is 248 g/mol. The summed E-state index contributed by atoms with van der Waals surface area (Å²) in [5, 5.41) is 0. The third-order valence-electron chi connectivity index (χ3n) is 4.58. The Balaban J connectivity index is 0.00000162. The van der Waals surface area contributed by atoms with Crippen molar-refractivity contribution in [2.24, 2.45) is 23.5 Å². The van der Waals surface area contributed by atoms with Crippen molar-refractivity contribution < 1.29 is 4.79 Å². The summed E-state index contributed by atoms with van der Waals surface area (Å²) >= 11 is 0. The molecule has 2 N–H and O–H groups in total. The quantitative estimate of drug-likeness (QED) is 0.859. The van der Waals surface area contributed by atoms with Crippen molar-refractivity contribution in [1.29, 1.82) is 0 Å². The number of carbonyl (C=O) groups is 1. The van der Waals surface area contributed by atoms with Crippen molar-refractivity contribution in [2.45, 2.75) is 52.0 Å². The number of rotatable bonds is 3. The van der Waals surface area contributed by atoms with Gasteiger partial charge in [-0.2, -0.15) is 0 Å². The summed E-state index contributed by atoms with van der Waals surface area (Å²) in [5.41, 5.74) is 5.70. The van der Waals surface area contributed by atoms with E-state index in [4.69, 9.17) is 5.73 Å². The molecule has 0 aromatic heterocycles. The molecule has 106 valence electrons. The molecule has 0 aromatic rings. The van der Waals surface area contributed by atoms with Crippen molar-refractivity contribution in [3.8, 4) is 0 Å². The monoisotopic (exact) mass is 274 g/mol. The van der Waals surface area contributed by atoms with Crippen LogP contribution in [0.2, 0.25) is 0 Å². The van der Waals surface area contributed by atoms with Crippen LogP contribution in [-0.2, 0) is 4.79 Å². The summed E-state index contributed by atoms with van der Waals surface area (Å²) in [6, 6.07) is 0.398. The van der Waals surface area contributed by atoms with Gasteiger partial charge in [0.2, 0.25) is 5.91 Å². The van der Waals surface area contributed by atoms with Crippen LogP contribution >= 0.6 is 12.4 Å². The average Bonchev–Trinajstić information content (AvgIpc) is 2.85. The first-order valence-electron chi connectivity index (χ1n) is 7.09. The van der Waals surface area contributed by atoms with Gasteiger partial charge in [-0.05, 0) is 50.5 Å². The number of likely N-dealkylation sites (tertiary alicyclic amines) is 1. The van der Waals surface area contributed by atoms with E-state index in [1.54, 1.807) is 0 Å². The smallest absolute Gasteiger partial charge is 0.223 e. The maximum absolute atomic E-state index is 12.3. The van der Waals surface area contributed by atoms with E-state index in [0.717, 1.165) is 25.3 Å². The first-order valence-corrected chi connectivity index (χ1v) is 7.09. The maximum atomic E-state index is 12.3. The van der Waals surface area contributed by atoms with Crippen molar-refractivity contribution in [3.63, 3.8) is 0 Å². The van der Waals surface area contributed by atoms with Crippen LogP contribution in [0.15, 0.2) is 0 Å². The highest BCUT2D eigenvalue weighted by Gasteiger charge is 2.33. The van der Waals surface area contributed by atoms with E-state index in [0.29, 0.717) is 30.3 Å². The lowest BCUT2D eigenvalue weighted by Crippen LogP contribution is -2.35. The fourth-order valence-electron chi connectivity index (χ4n) is 3.54. The summed E-state index contributed by atoms with van der Waals surface area (Å²) in [5.74, 6) is 2.35. The lowest BCUT2D eigenvalue weighted by molar-refractivity contribution is -0.132. The predicted molar refractivity (Wildman–Crippen MR) is 76.7 cm³/mol. The molecule has 0 bridgehead atoms. The minimum Gasteiger partial charge on any atom is -0.340 e. The molecule has 0 spiro atoms. The Kier molecular flexibility index (Phi) is 5.93. The molecule has 4 unspecified atom stereocenters. The Morgan fingerprint density at radius 1 is 1.22 bits per heavy atom. The summed E-state index contributed by atoms with van der Waals surface area (Å²) in [6.07, 6.45) is 5.65. The molecular formula is C14H27ClN2O. The Bertz CT molecular complexity index is 285. The summed E-state index contributed by atoms with van der Waals surface area (Å²) in [6.45, 7) is 6.06. The first-order chi connectivity index (χ1) is 8.10. The number of carbonyl (C=O) groups excluding carboxylic acids is 1. The zero-order valence-corrected chi connectivity index (χ0v) is 12.4. The van der Waals surface area contributed by atoms with Crippen molar-refractivity contribution >= 4 is 18.3 Å². The van der Waals surface area contributed by atoms with E-state index in [9.17, 15) is 4.79 Å². The van der Waals surface area contributed by atoms with E-state index in [1.165, 1.54) is 19.3 Å². The minimum atomic E-state index is 0. The van der Waals surface area contributed by atoms with Crippen molar-refractivity contribution in [1.82, 2.24) is 4.90 Å². The third kappa shape index (κ3) is 3.61. The summed E-state index contributed by atoms with van der Waals surface area (Å²) in [7, 11) is 0. The van der Waals surface area contributed by atoms with Gasteiger partial charge in [0.05, 0.1) is 0 Å². The number of nitrogens with two attached hydrogens (primary N) is 1. The van der Waals surface area contributed by atoms with Crippen LogP contribution in [0.3, 0.4) is 0 Å². The molecule has 2 fully saturated rings. The van der Waals surface area contributed by atoms with Crippen molar-refractivity contribution in [2.75, 3.05) is 13.1 Å². The fraction of sp³-hybridized carbons (Fsp3) is 0.929. The Morgan fingerprint density at radius 3 is 2.44 bits per heavy atom. The normalized spacial score (nSPS) is 35.6. The van der Waals surface area contributed by atoms with E-state index in [-0.39, 0.29) is 12.4 Å². The second-order valence-corrected chi connectivity index (χ2v) is 6.22. The number of halogens is 1. The van der Waals surface area contributed by atoms with Crippen molar-refractivity contribution in [3.05, 3.63) is 0 Å². The lowest BCUT2D eigenvalue weighted by atomic mass is 10.0. The van der Waals surface area contributed by atoms with Crippen LogP contribution in [0.1, 0.15) is 46.0 Å². The Morgan fingerprint density at radius 2 is 1.94 bits per heavy atom. The molecule has 0 radical (unpaired) electrons. The van der Waals surface area contributed by atoms with Gasteiger partial charge in [0.25, 0.3) is 0 Å². The molecule has 1 amide bonds. The standard InChI is InChI=1S/C14H26N2O.ClH/c1-10-3-4-12(5-10)7-14(17)16-9-13(8-15)6-11(16)2;/h10-13H,3-9,15H2,1-2H3;1H.